The van der Waals surface area contributed by atoms with Gasteiger partial charge in [0.1, 0.15) is 6.33 Å². The second-order valence-electron chi connectivity index (χ2n) is 7.92. The van der Waals surface area contributed by atoms with Crippen LogP contribution in [-0.4, -0.2) is 40.6 Å². The molecule has 0 bridgehead atoms. The molecule has 0 saturated carbocycles. The molecular formula is C18H25BN2O4. The lowest BCUT2D eigenvalue weighted by Gasteiger charge is -2.32. The molecule has 2 heterocycles. The Kier molecular flexibility index (Phi) is 4.41. The van der Waals surface area contributed by atoms with Crippen molar-refractivity contribution < 1.29 is 18.8 Å². The van der Waals surface area contributed by atoms with Crippen molar-refractivity contribution in [2.45, 2.75) is 52.7 Å². The van der Waals surface area contributed by atoms with E-state index in [-0.39, 0.29) is 5.92 Å². The molecule has 1 aromatic carbocycles. The number of aromatic nitrogens is 2. The molecule has 2 aromatic rings. The monoisotopic (exact) mass is 344 g/mol. The lowest BCUT2D eigenvalue weighted by molar-refractivity contribution is 0.00578. The molecule has 0 aliphatic carbocycles. The van der Waals surface area contributed by atoms with E-state index >= 15 is 0 Å². The Morgan fingerprint density at radius 1 is 1.24 bits per heavy atom. The van der Waals surface area contributed by atoms with Gasteiger partial charge in [-0.2, -0.15) is 0 Å². The number of nitrogens with zero attached hydrogens (tertiary/aromatic N) is 2. The second-order valence-corrected chi connectivity index (χ2v) is 7.92. The van der Waals surface area contributed by atoms with Crippen molar-refractivity contribution in [1.82, 2.24) is 9.55 Å². The van der Waals surface area contributed by atoms with Crippen molar-refractivity contribution in [3.05, 3.63) is 24.5 Å². The molecule has 134 valence electrons. The molecule has 3 rings (SSSR count). The van der Waals surface area contributed by atoms with Crippen LogP contribution in [0, 0.1) is 5.92 Å². The number of ether oxygens (including phenoxy) is 1. The summed E-state index contributed by atoms with van der Waals surface area (Å²) in [5.74, 6) is 0.286. The van der Waals surface area contributed by atoms with E-state index in [4.69, 9.17) is 14.0 Å². The van der Waals surface area contributed by atoms with Gasteiger partial charge < -0.3 is 14.0 Å². The van der Waals surface area contributed by atoms with Crippen molar-refractivity contribution in [2.75, 3.05) is 6.61 Å². The molecule has 6 nitrogen and oxygen atoms in total. The highest BCUT2D eigenvalue weighted by molar-refractivity contribution is 6.62. The quantitative estimate of drug-likeness (QED) is 0.801. The van der Waals surface area contributed by atoms with Gasteiger partial charge in [-0.3, -0.25) is 0 Å². The SMILES string of the molecule is CC(C)COC(=O)n1cnc2cc(B3OC(C)(C)C(C)(C)O3)ccc21. The second kappa shape index (κ2) is 6.14. The molecule has 0 atom stereocenters. The molecule has 1 aliphatic heterocycles. The van der Waals surface area contributed by atoms with Crippen molar-refractivity contribution >= 4 is 29.7 Å². The topological polar surface area (TPSA) is 62.6 Å². The Balaban J connectivity index is 1.84. The summed E-state index contributed by atoms with van der Waals surface area (Å²) in [7, 11) is -0.451. The molecule has 0 N–H and O–H groups in total. The van der Waals surface area contributed by atoms with Gasteiger partial charge in [0.05, 0.1) is 28.8 Å². The lowest BCUT2D eigenvalue weighted by atomic mass is 9.79. The molecule has 0 radical (unpaired) electrons. The van der Waals surface area contributed by atoms with Gasteiger partial charge in [-0.05, 0) is 51.2 Å². The molecule has 0 unspecified atom stereocenters. The van der Waals surface area contributed by atoms with E-state index in [1.807, 2.05) is 59.7 Å². The number of carbonyl (C=O) groups excluding carboxylic acids is 1. The summed E-state index contributed by atoms with van der Waals surface area (Å²) < 4.78 is 18.8. The number of fused-ring (bicyclic) bond motifs is 1. The molecule has 0 amide bonds. The van der Waals surface area contributed by atoms with Crippen LogP contribution < -0.4 is 5.46 Å². The number of rotatable bonds is 3. The van der Waals surface area contributed by atoms with Gasteiger partial charge in [-0.15, -0.1) is 0 Å². The molecule has 7 heteroatoms. The van der Waals surface area contributed by atoms with Crippen LogP contribution in [0.1, 0.15) is 41.5 Å². The Morgan fingerprint density at radius 2 is 1.88 bits per heavy atom. The Labute approximate surface area is 148 Å². The average molecular weight is 344 g/mol. The summed E-state index contributed by atoms with van der Waals surface area (Å²) in [5, 5.41) is 0. The third-order valence-corrected chi connectivity index (χ3v) is 4.83. The van der Waals surface area contributed by atoms with Crippen molar-refractivity contribution in [2.24, 2.45) is 5.92 Å². The van der Waals surface area contributed by atoms with Crippen LogP contribution in [0.15, 0.2) is 24.5 Å². The van der Waals surface area contributed by atoms with Crippen molar-refractivity contribution in [3.63, 3.8) is 0 Å². The molecule has 1 fully saturated rings. The third-order valence-electron chi connectivity index (χ3n) is 4.83. The minimum Gasteiger partial charge on any atom is -0.449 e. The Hall–Kier alpha value is -1.86. The first-order chi connectivity index (χ1) is 11.6. The number of imidazole rings is 1. The van der Waals surface area contributed by atoms with E-state index in [1.54, 1.807) is 0 Å². The average Bonchev–Trinajstić information content (AvgIpc) is 3.02. The van der Waals surface area contributed by atoms with Crippen LogP contribution in [0.2, 0.25) is 0 Å². The first-order valence-corrected chi connectivity index (χ1v) is 8.60. The van der Waals surface area contributed by atoms with Gasteiger partial charge >= 0.3 is 13.2 Å². The summed E-state index contributed by atoms with van der Waals surface area (Å²) in [6, 6.07) is 5.64. The van der Waals surface area contributed by atoms with E-state index in [0.717, 1.165) is 5.46 Å². The van der Waals surface area contributed by atoms with Crippen LogP contribution in [0.5, 0.6) is 0 Å². The van der Waals surface area contributed by atoms with E-state index < -0.39 is 24.4 Å². The smallest absolute Gasteiger partial charge is 0.449 e. The largest absolute Gasteiger partial charge is 0.494 e. The Morgan fingerprint density at radius 3 is 2.48 bits per heavy atom. The van der Waals surface area contributed by atoms with Gasteiger partial charge in [-0.1, -0.05) is 19.9 Å². The number of benzene rings is 1. The summed E-state index contributed by atoms with van der Waals surface area (Å²) in [4.78, 5) is 16.5. The highest BCUT2D eigenvalue weighted by Crippen LogP contribution is 2.36. The number of hydrogen-bond acceptors (Lipinski definition) is 5. The maximum atomic E-state index is 12.2. The first kappa shape index (κ1) is 18.0. The van der Waals surface area contributed by atoms with Gasteiger partial charge in [0.15, 0.2) is 0 Å². The van der Waals surface area contributed by atoms with Crippen molar-refractivity contribution in [3.8, 4) is 0 Å². The third kappa shape index (κ3) is 3.31. The summed E-state index contributed by atoms with van der Waals surface area (Å²) in [5.41, 5.74) is 1.49. The fourth-order valence-electron chi connectivity index (χ4n) is 2.61. The highest BCUT2D eigenvalue weighted by atomic mass is 16.7. The van der Waals surface area contributed by atoms with Crippen LogP contribution in [0.25, 0.3) is 11.0 Å². The summed E-state index contributed by atoms with van der Waals surface area (Å²) in [6.07, 6.45) is 1.07. The zero-order valence-electron chi connectivity index (χ0n) is 15.7. The van der Waals surface area contributed by atoms with E-state index in [0.29, 0.717) is 17.6 Å². The van der Waals surface area contributed by atoms with Crippen LogP contribution in [-0.2, 0) is 14.0 Å². The lowest BCUT2D eigenvalue weighted by Crippen LogP contribution is -2.41. The number of carbonyl (C=O) groups is 1. The highest BCUT2D eigenvalue weighted by Gasteiger charge is 2.51. The fraction of sp³-hybridized carbons (Fsp3) is 0.556. The van der Waals surface area contributed by atoms with E-state index in [9.17, 15) is 4.79 Å². The number of hydrogen-bond donors (Lipinski definition) is 0. The van der Waals surface area contributed by atoms with Crippen LogP contribution in [0.3, 0.4) is 0 Å². The van der Waals surface area contributed by atoms with Crippen LogP contribution in [0.4, 0.5) is 4.79 Å². The van der Waals surface area contributed by atoms with Crippen molar-refractivity contribution in [1.29, 1.82) is 0 Å². The standard InChI is InChI=1S/C18H25BN2O4/c1-12(2)10-23-16(22)21-11-20-14-9-13(7-8-15(14)21)19-24-17(3,4)18(5,6)25-19/h7-9,11-12H,10H2,1-6H3. The molecular weight excluding hydrogens is 319 g/mol. The Bertz CT molecular complexity index is 781. The molecule has 0 spiro atoms. The zero-order chi connectivity index (χ0) is 18.4. The maximum absolute atomic E-state index is 12.2. The van der Waals surface area contributed by atoms with E-state index in [1.165, 1.54) is 10.9 Å². The van der Waals surface area contributed by atoms with Gasteiger partial charge in [0, 0.05) is 0 Å². The summed E-state index contributed by atoms with van der Waals surface area (Å²) >= 11 is 0. The van der Waals surface area contributed by atoms with Gasteiger partial charge in [-0.25, -0.2) is 14.3 Å². The molecule has 1 saturated heterocycles. The molecule has 1 aliphatic rings. The van der Waals surface area contributed by atoms with Gasteiger partial charge in [0.2, 0.25) is 0 Å². The van der Waals surface area contributed by atoms with Gasteiger partial charge in [0.25, 0.3) is 0 Å². The molecule has 25 heavy (non-hydrogen) atoms. The predicted molar refractivity (Wildman–Crippen MR) is 97.0 cm³/mol. The predicted octanol–water partition coefficient (Wildman–Crippen LogP) is 2.98. The summed E-state index contributed by atoms with van der Waals surface area (Å²) in [6.45, 7) is 12.4. The minimum atomic E-state index is -0.451. The zero-order valence-corrected chi connectivity index (χ0v) is 15.7. The minimum absolute atomic E-state index is 0.286. The van der Waals surface area contributed by atoms with E-state index in [2.05, 4.69) is 4.98 Å². The fourth-order valence-corrected chi connectivity index (χ4v) is 2.61. The molecule has 1 aromatic heterocycles. The maximum Gasteiger partial charge on any atom is 0.494 e. The normalized spacial score (nSPS) is 18.9. The van der Waals surface area contributed by atoms with Crippen LogP contribution >= 0.6 is 0 Å². The first-order valence-electron chi connectivity index (χ1n) is 8.60.